The van der Waals surface area contributed by atoms with E-state index in [4.69, 9.17) is 5.11 Å². The van der Waals surface area contributed by atoms with Crippen LogP contribution in [0.2, 0.25) is 0 Å². The van der Waals surface area contributed by atoms with Crippen molar-refractivity contribution in [2.24, 2.45) is 5.92 Å². The monoisotopic (exact) mass is 354 g/mol. The van der Waals surface area contributed by atoms with Crippen molar-refractivity contribution in [3.63, 3.8) is 0 Å². The molecule has 0 heterocycles. The van der Waals surface area contributed by atoms with Gasteiger partial charge in [-0.05, 0) is 47.9 Å². The largest absolute Gasteiger partial charge is 0.478 e. The zero-order valence-electron chi connectivity index (χ0n) is 14.8. The van der Waals surface area contributed by atoms with Crippen LogP contribution in [0.15, 0.2) is 48.5 Å². The maximum atomic E-state index is 12.1. The van der Waals surface area contributed by atoms with E-state index < -0.39 is 5.97 Å². The molecule has 0 aliphatic carbocycles. The topological polar surface area (TPSA) is 95.5 Å². The quantitative estimate of drug-likeness (QED) is 0.708. The van der Waals surface area contributed by atoms with Crippen LogP contribution in [0.4, 0.5) is 11.4 Å². The highest BCUT2D eigenvalue weighted by atomic mass is 16.4. The molecule has 0 saturated carbocycles. The molecule has 26 heavy (non-hydrogen) atoms. The van der Waals surface area contributed by atoms with Gasteiger partial charge >= 0.3 is 5.97 Å². The maximum Gasteiger partial charge on any atom is 0.335 e. The number of carboxylic acids is 1. The molecule has 2 aromatic rings. The molecule has 0 atom stereocenters. The molecule has 0 aliphatic rings. The number of carboxylic acid groups (broad SMARTS) is 1. The van der Waals surface area contributed by atoms with Crippen LogP contribution in [-0.2, 0) is 16.0 Å². The van der Waals surface area contributed by atoms with Crippen molar-refractivity contribution < 1.29 is 19.5 Å². The molecule has 136 valence electrons. The lowest BCUT2D eigenvalue weighted by Gasteiger charge is -2.09. The summed E-state index contributed by atoms with van der Waals surface area (Å²) in [5.74, 6) is -1.03. The van der Waals surface area contributed by atoms with Crippen LogP contribution in [0.25, 0.3) is 0 Å². The standard InChI is InChI=1S/C20H22N2O4/c1-13(2)10-18(23)21-16-6-8-17(9-7-16)22-19(24)12-14-4-3-5-15(11-14)20(25)26/h3-9,11,13H,10,12H2,1-2H3,(H,21,23)(H,22,24)(H,25,26). The van der Waals surface area contributed by atoms with Gasteiger partial charge in [0.05, 0.1) is 12.0 Å². The molecule has 2 rings (SSSR count). The van der Waals surface area contributed by atoms with Crippen molar-refractivity contribution in [2.75, 3.05) is 10.6 Å². The van der Waals surface area contributed by atoms with Gasteiger partial charge in [-0.3, -0.25) is 9.59 Å². The predicted molar refractivity (Wildman–Crippen MR) is 100 cm³/mol. The molecule has 0 spiro atoms. The smallest absolute Gasteiger partial charge is 0.335 e. The molecule has 0 radical (unpaired) electrons. The third kappa shape index (κ3) is 6.05. The van der Waals surface area contributed by atoms with Crippen molar-refractivity contribution in [3.8, 4) is 0 Å². The molecule has 2 aromatic carbocycles. The van der Waals surface area contributed by atoms with Gasteiger partial charge in [0.25, 0.3) is 0 Å². The van der Waals surface area contributed by atoms with E-state index in [0.29, 0.717) is 23.4 Å². The minimum Gasteiger partial charge on any atom is -0.478 e. The van der Waals surface area contributed by atoms with Crippen molar-refractivity contribution in [2.45, 2.75) is 26.7 Å². The molecule has 6 nitrogen and oxygen atoms in total. The van der Waals surface area contributed by atoms with Crippen molar-refractivity contribution in [1.29, 1.82) is 0 Å². The normalized spacial score (nSPS) is 10.4. The maximum absolute atomic E-state index is 12.1. The first-order valence-corrected chi connectivity index (χ1v) is 8.35. The number of amides is 2. The predicted octanol–water partition coefficient (Wildman–Crippen LogP) is 3.55. The summed E-state index contributed by atoms with van der Waals surface area (Å²) in [4.78, 5) is 34.8. The highest BCUT2D eigenvalue weighted by Gasteiger charge is 2.09. The Hall–Kier alpha value is -3.15. The van der Waals surface area contributed by atoms with Gasteiger partial charge in [0.1, 0.15) is 0 Å². The van der Waals surface area contributed by atoms with E-state index in [2.05, 4.69) is 10.6 Å². The first-order chi connectivity index (χ1) is 12.3. The third-order valence-electron chi connectivity index (χ3n) is 3.58. The second-order valence-electron chi connectivity index (χ2n) is 6.45. The molecule has 0 aromatic heterocycles. The summed E-state index contributed by atoms with van der Waals surface area (Å²) in [6, 6.07) is 13.1. The van der Waals surface area contributed by atoms with Crippen LogP contribution in [0, 0.1) is 5.92 Å². The lowest BCUT2D eigenvalue weighted by Crippen LogP contribution is -2.15. The van der Waals surface area contributed by atoms with E-state index in [1.54, 1.807) is 36.4 Å². The van der Waals surface area contributed by atoms with E-state index in [-0.39, 0.29) is 29.7 Å². The number of benzene rings is 2. The lowest BCUT2D eigenvalue weighted by atomic mass is 10.1. The Balaban J connectivity index is 1.92. The van der Waals surface area contributed by atoms with Crippen LogP contribution in [0.5, 0.6) is 0 Å². The highest BCUT2D eigenvalue weighted by molar-refractivity contribution is 5.94. The van der Waals surface area contributed by atoms with Crippen molar-refractivity contribution in [1.82, 2.24) is 0 Å². The fourth-order valence-electron chi connectivity index (χ4n) is 2.42. The molecule has 0 unspecified atom stereocenters. The molecular formula is C20H22N2O4. The molecule has 2 amide bonds. The number of carbonyl (C=O) groups is 3. The van der Waals surface area contributed by atoms with Crippen LogP contribution in [-0.4, -0.2) is 22.9 Å². The minimum absolute atomic E-state index is 0.0462. The zero-order valence-corrected chi connectivity index (χ0v) is 14.8. The van der Waals surface area contributed by atoms with Crippen LogP contribution < -0.4 is 10.6 Å². The van der Waals surface area contributed by atoms with Crippen LogP contribution in [0.3, 0.4) is 0 Å². The van der Waals surface area contributed by atoms with E-state index in [1.165, 1.54) is 12.1 Å². The van der Waals surface area contributed by atoms with E-state index in [0.717, 1.165) is 0 Å². The van der Waals surface area contributed by atoms with Crippen molar-refractivity contribution >= 4 is 29.2 Å². The molecule has 0 bridgehead atoms. The Bertz CT molecular complexity index is 798. The fraction of sp³-hybridized carbons (Fsp3) is 0.250. The summed E-state index contributed by atoms with van der Waals surface area (Å²) in [6.45, 7) is 3.95. The van der Waals surface area contributed by atoms with Crippen LogP contribution in [0.1, 0.15) is 36.2 Å². The minimum atomic E-state index is -1.03. The zero-order chi connectivity index (χ0) is 19.1. The summed E-state index contributed by atoms with van der Waals surface area (Å²) in [5.41, 5.74) is 2.05. The first kappa shape index (κ1) is 19.2. The molecule has 6 heteroatoms. The second kappa shape index (κ2) is 8.80. The van der Waals surface area contributed by atoms with Gasteiger partial charge in [0.15, 0.2) is 0 Å². The molecule has 3 N–H and O–H groups in total. The van der Waals surface area contributed by atoms with Crippen LogP contribution >= 0.6 is 0 Å². The van der Waals surface area contributed by atoms with Gasteiger partial charge in [-0.25, -0.2) is 4.79 Å². The van der Waals surface area contributed by atoms with Gasteiger partial charge in [-0.1, -0.05) is 26.0 Å². The Morgan fingerprint density at radius 2 is 1.50 bits per heavy atom. The molecular weight excluding hydrogens is 332 g/mol. The summed E-state index contributed by atoms with van der Waals surface area (Å²) in [6.07, 6.45) is 0.530. The number of aromatic carboxylic acids is 1. The molecule has 0 aliphatic heterocycles. The second-order valence-corrected chi connectivity index (χ2v) is 6.45. The van der Waals surface area contributed by atoms with Gasteiger partial charge < -0.3 is 15.7 Å². The fourth-order valence-corrected chi connectivity index (χ4v) is 2.42. The Morgan fingerprint density at radius 3 is 2.04 bits per heavy atom. The van der Waals surface area contributed by atoms with Crippen molar-refractivity contribution in [3.05, 3.63) is 59.7 Å². The summed E-state index contributed by atoms with van der Waals surface area (Å²) < 4.78 is 0. The third-order valence-corrected chi connectivity index (χ3v) is 3.58. The summed E-state index contributed by atoms with van der Waals surface area (Å²) >= 11 is 0. The lowest BCUT2D eigenvalue weighted by molar-refractivity contribution is -0.117. The number of rotatable bonds is 7. The summed E-state index contributed by atoms with van der Waals surface area (Å²) in [7, 11) is 0. The number of hydrogen-bond donors (Lipinski definition) is 3. The average molecular weight is 354 g/mol. The first-order valence-electron chi connectivity index (χ1n) is 8.35. The number of anilines is 2. The Kier molecular flexibility index (Phi) is 6.49. The molecule has 0 fully saturated rings. The Morgan fingerprint density at radius 1 is 0.923 bits per heavy atom. The number of nitrogens with one attached hydrogen (secondary N) is 2. The SMILES string of the molecule is CC(C)CC(=O)Nc1ccc(NC(=O)Cc2cccc(C(=O)O)c2)cc1. The van der Waals surface area contributed by atoms with E-state index in [9.17, 15) is 14.4 Å². The van der Waals surface area contributed by atoms with E-state index in [1.807, 2.05) is 13.8 Å². The summed E-state index contributed by atoms with van der Waals surface area (Å²) in [5, 5.41) is 14.5. The number of carbonyl (C=O) groups excluding carboxylic acids is 2. The van der Waals surface area contributed by atoms with Gasteiger partial charge in [0.2, 0.25) is 11.8 Å². The van der Waals surface area contributed by atoms with E-state index >= 15 is 0 Å². The number of hydrogen-bond acceptors (Lipinski definition) is 3. The average Bonchev–Trinajstić information content (AvgIpc) is 2.56. The highest BCUT2D eigenvalue weighted by Crippen LogP contribution is 2.15. The van der Waals surface area contributed by atoms with Gasteiger partial charge in [-0.2, -0.15) is 0 Å². The Labute approximate surface area is 152 Å². The van der Waals surface area contributed by atoms with Gasteiger partial charge in [0, 0.05) is 17.8 Å². The molecule has 0 saturated heterocycles. The van der Waals surface area contributed by atoms with Gasteiger partial charge in [-0.15, -0.1) is 0 Å².